The zero-order valence-electron chi connectivity index (χ0n) is 21.7. The monoisotopic (exact) mass is 588 g/mol. The van der Waals surface area contributed by atoms with Gasteiger partial charge in [-0.15, -0.1) is 0 Å². The van der Waals surface area contributed by atoms with Gasteiger partial charge in [-0.25, -0.2) is 5.43 Å². The zero-order valence-corrected chi connectivity index (χ0v) is 23.3. The molecule has 0 unspecified atom stereocenters. The van der Waals surface area contributed by atoms with Crippen LogP contribution in [0.1, 0.15) is 34.0 Å². The fourth-order valence-corrected chi connectivity index (χ4v) is 3.91. The molecule has 0 heterocycles. The summed E-state index contributed by atoms with van der Waals surface area (Å²) in [5, 5.41) is 4.05. The van der Waals surface area contributed by atoms with Crippen LogP contribution in [0.25, 0.3) is 0 Å². The number of nitrogens with zero attached hydrogens (tertiary/aromatic N) is 1. The number of hydrogen-bond donors (Lipinski definition) is 1. The number of carbonyl (C=O) groups is 1. The molecule has 0 aliphatic rings. The molecule has 1 amide bonds. The molecule has 200 valence electrons. The van der Waals surface area contributed by atoms with Crippen molar-refractivity contribution >= 4 is 28.1 Å². The number of methoxy groups -OCH3 is 1. The first-order valence-corrected chi connectivity index (χ1v) is 13.2. The summed E-state index contributed by atoms with van der Waals surface area (Å²) >= 11 is 3.35. The lowest BCUT2D eigenvalue weighted by Gasteiger charge is -2.15. The van der Waals surface area contributed by atoms with Crippen LogP contribution in [0.15, 0.2) is 101 Å². The SMILES string of the molecule is CCOc1cc(COc2ccc(/C=N/NC(=O)c3ccc(Br)cc3)cc2OC)ccc1OCc1ccccc1. The van der Waals surface area contributed by atoms with Crippen LogP contribution in [-0.4, -0.2) is 25.8 Å². The van der Waals surface area contributed by atoms with Gasteiger partial charge in [-0.3, -0.25) is 4.79 Å². The molecule has 0 atom stereocenters. The summed E-state index contributed by atoms with van der Waals surface area (Å²) < 4.78 is 24.3. The number of amides is 1. The Bertz CT molecular complexity index is 1410. The molecule has 39 heavy (non-hydrogen) atoms. The van der Waals surface area contributed by atoms with Gasteiger partial charge in [0, 0.05) is 10.0 Å². The second kappa shape index (κ2) is 14.0. The minimum atomic E-state index is -0.298. The summed E-state index contributed by atoms with van der Waals surface area (Å²) in [5.41, 5.74) is 5.79. The van der Waals surface area contributed by atoms with E-state index in [9.17, 15) is 4.79 Å². The van der Waals surface area contributed by atoms with E-state index in [1.807, 2.05) is 61.5 Å². The molecule has 4 rings (SSSR count). The highest BCUT2D eigenvalue weighted by molar-refractivity contribution is 9.10. The number of ether oxygens (including phenoxy) is 4. The fourth-order valence-electron chi connectivity index (χ4n) is 3.64. The summed E-state index contributed by atoms with van der Waals surface area (Å²) in [4.78, 5) is 12.2. The van der Waals surface area contributed by atoms with E-state index < -0.39 is 0 Å². The van der Waals surface area contributed by atoms with Crippen LogP contribution in [0.5, 0.6) is 23.0 Å². The summed E-state index contributed by atoms with van der Waals surface area (Å²) in [6.45, 7) is 3.22. The standard InChI is InChI=1S/C31H29BrN2O5/c1-3-37-30-18-24(10-16-28(30)38-20-22-7-5-4-6-8-22)21-39-27-15-9-23(17-29(27)36-2)19-33-34-31(35)25-11-13-26(32)14-12-25/h4-19H,3,20-21H2,1-2H3,(H,34,35)/b33-19+. The largest absolute Gasteiger partial charge is 0.493 e. The Morgan fingerprint density at radius 3 is 2.21 bits per heavy atom. The number of hydrazone groups is 1. The number of rotatable bonds is 12. The smallest absolute Gasteiger partial charge is 0.271 e. The molecule has 4 aromatic rings. The van der Waals surface area contributed by atoms with Crippen LogP contribution in [0, 0.1) is 0 Å². The molecule has 7 nitrogen and oxygen atoms in total. The number of hydrogen-bond acceptors (Lipinski definition) is 6. The van der Waals surface area contributed by atoms with E-state index >= 15 is 0 Å². The van der Waals surface area contributed by atoms with Gasteiger partial charge in [0.05, 0.1) is 19.9 Å². The molecule has 8 heteroatoms. The third kappa shape index (κ3) is 8.09. The van der Waals surface area contributed by atoms with E-state index in [2.05, 4.69) is 26.5 Å². The number of benzene rings is 4. The Hall–Kier alpha value is -4.30. The van der Waals surface area contributed by atoms with Gasteiger partial charge in [-0.2, -0.15) is 5.10 Å². The molecule has 0 fully saturated rings. The normalized spacial score (nSPS) is 10.7. The van der Waals surface area contributed by atoms with Crippen molar-refractivity contribution in [3.05, 3.63) is 118 Å². The van der Waals surface area contributed by atoms with E-state index in [4.69, 9.17) is 18.9 Å². The van der Waals surface area contributed by atoms with Crippen LogP contribution in [-0.2, 0) is 13.2 Å². The Morgan fingerprint density at radius 2 is 1.49 bits per heavy atom. The Morgan fingerprint density at radius 1 is 0.795 bits per heavy atom. The van der Waals surface area contributed by atoms with Crippen molar-refractivity contribution in [2.24, 2.45) is 5.10 Å². The van der Waals surface area contributed by atoms with Gasteiger partial charge < -0.3 is 18.9 Å². The molecule has 0 spiro atoms. The second-order valence-corrected chi connectivity index (χ2v) is 9.31. The molecule has 0 saturated carbocycles. The topological polar surface area (TPSA) is 78.4 Å². The van der Waals surface area contributed by atoms with E-state index in [0.29, 0.717) is 48.4 Å². The van der Waals surface area contributed by atoms with Crippen molar-refractivity contribution in [3.8, 4) is 23.0 Å². The van der Waals surface area contributed by atoms with Gasteiger partial charge in [-0.05, 0) is 78.2 Å². The lowest BCUT2D eigenvalue weighted by atomic mass is 10.2. The van der Waals surface area contributed by atoms with Crippen molar-refractivity contribution in [2.45, 2.75) is 20.1 Å². The molecule has 0 aliphatic carbocycles. The predicted octanol–water partition coefficient (Wildman–Crippen LogP) is 6.78. The molecule has 0 aliphatic heterocycles. The maximum absolute atomic E-state index is 12.2. The first-order valence-electron chi connectivity index (χ1n) is 12.4. The Balaban J connectivity index is 1.37. The Kier molecular flexibility index (Phi) is 9.97. The summed E-state index contributed by atoms with van der Waals surface area (Å²) in [6, 6.07) is 28.2. The second-order valence-electron chi connectivity index (χ2n) is 8.39. The van der Waals surface area contributed by atoms with Crippen LogP contribution < -0.4 is 24.4 Å². The quantitative estimate of drug-likeness (QED) is 0.146. The summed E-state index contributed by atoms with van der Waals surface area (Å²) in [6.07, 6.45) is 1.55. The van der Waals surface area contributed by atoms with Crippen molar-refractivity contribution in [1.82, 2.24) is 5.43 Å². The van der Waals surface area contributed by atoms with Gasteiger partial charge in [0.1, 0.15) is 13.2 Å². The van der Waals surface area contributed by atoms with E-state index in [1.54, 1.807) is 49.7 Å². The molecule has 0 aromatic heterocycles. The van der Waals surface area contributed by atoms with Crippen LogP contribution in [0.4, 0.5) is 0 Å². The predicted molar refractivity (Wildman–Crippen MR) is 155 cm³/mol. The molecule has 1 N–H and O–H groups in total. The van der Waals surface area contributed by atoms with Crippen molar-refractivity contribution < 1.29 is 23.7 Å². The molecular formula is C31H29BrN2O5. The van der Waals surface area contributed by atoms with Gasteiger partial charge in [-0.1, -0.05) is 52.3 Å². The number of halogens is 1. The number of carbonyl (C=O) groups excluding carboxylic acids is 1. The molecule has 0 bridgehead atoms. The first kappa shape index (κ1) is 27.7. The fraction of sp³-hybridized carbons (Fsp3) is 0.161. The lowest BCUT2D eigenvalue weighted by Crippen LogP contribution is -2.17. The van der Waals surface area contributed by atoms with E-state index in [1.165, 1.54) is 0 Å². The van der Waals surface area contributed by atoms with Gasteiger partial charge >= 0.3 is 0 Å². The summed E-state index contributed by atoms with van der Waals surface area (Å²) in [7, 11) is 1.57. The van der Waals surface area contributed by atoms with Crippen LogP contribution in [0.2, 0.25) is 0 Å². The first-order chi connectivity index (χ1) is 19.1. The van der Waals surface area contributed by atoms with Gasteiger partial charge in [0.2, 0.25) is 0 Å². The third-order valence-electron chi connectivity index (χ3n) is 5.61. The average Bonchev–Trinajstić information content (AvgIpc) is 2.97. The Labute approximate surface area is 236 Å². The molecule has 0 saturated heterocycles. The molecule has 0 radical (unpaired) electrons. The van der Waals surface area contributed by atoms with E-state index in [-0.39, 0.29) is 5.91 Å². The number of nitrogens with one attached hydrogen (secondary N) is 1. The van der Waals surface area contributed by atoms with Gasteiger partial charge in [0.15, 0.2) is 23.0 Å². The highest BCUT2D eigenvalue weighted by Crippen LogP contribution is 2.32. The van der Waals surface area contributed by atoms with E-state index in [0.717, 1.165) is 21.2 Å². The maximum atomic E-state index is 12.2. The zero-order chi connectivity index (χ0) is 27.5. The maximum Gasteiger partial charge on any atom is 0.271 e. The van der Waals surface area contributed by atoms with Crippen LogP contribution in [0.3, 0.4) is 0 Å². The van der Waals surface area contributed by atoms with Crippen LogP contribution >= 0.6 is 15.9 Å². The van der Waals surface area contributed by atoms with Gasteiger partial charge in [0.25, 0.3) is 5.91 Å². The van der Waals surface area contributed by atoms with Crippen molar-refractivity contribution in [1.29, 1.82) is 0 Å². The molecular weight excluding hydrogens is 560 g/mol. The lowest BCUT2D eigenvalue weighted by molar-refractivity contribution is 0.0955. The highest BCUT2D eigenvalue weighted by Gasteiger charge is 2.10. The van der Waals surface area contributed by atoms with Crippen molar-refractivity contribution in [2.75, 3.05) is 13.7 Å². The highest BCUT2D eigenvalue weighted by atomic mass is 79.9. The van der Waals surface area contributed by atoms with Crippen molar-refractivity contribution in [3.63, 3.8) is 0 Å². The third-order valence-corrected chi connectivity index (χ3v) is 6.14. The summed E-state index contributed by atoms with van der Waals surface area (Å²) in [5.74, 6) is 2.17. The minimum absolute atomic E-state index is 0.298. The minimum Gasteiger partial charge on any atom is -0.493 e. The average molecular weight is 589 g/mol. The molecule has 4 aromatic carbocycles.